The molecule has 0 fully saturated rings. The average Bonchev–Trinajstić information content (AvgIpc) is 3.43. The number of hydrogen-bond donors (Lipinski definition) is 2. The van der Waals surface area contributed by atoms with E-state index in [9.17, 15) is 13.2 Å². The lowest BCUT2D eigenvalue weighted by Crippen LogP contribution is -2.14. The molecule has 0 spiro atoms. The molecule has 0 radical (unpaired) electrons. The molecular formula is C20H14ClF3N8. The fraction of sp³-hybridized carbons (Fsp3) is 0.150. The summed E-state index contributed by atoms with van der Waals surface area (Å²) in [6, 6.07) is 7.58. The predicted molar refractivity (Wildman–Crippen MR) is 113 cm³/mol. The van der Waals surface area contributed by atoms with Crippen molar-refractivity contribution in [1.29, 1.82) is 0 Å². The van der Waals surface area contributed by atoms with Crippen LogP contribution < -0.4 is 5.32 Å². The van der Waals surface area contributed by atoms with Gasteiger partial charge < -0.3 is 10.3 Å². The molecule has 12 heteroatoms. The van der Waals surface area contributed by atoms with Crippen molar-refractivity contribution >= 4 is 39.5 Å². The number of aromatic amines is 1. The predicted octanol–water partition coefficient (Wildman–Crippen LogP) is 4.93. The highest BCUT2D eigenvalue weighted by atomic mass is 35.5. The van der Waals surface area contributed by atoms with Crippen molar-refractivity contribution in [3.05, 3.63) is 65.5 Å². The topological polar surface area (TPSA) is 97.2 Å². The number of nitrogens with one attached hydrogen (secondary N) is 2. The standard InChI is InChI=1S/C20H14ClF3N8/c1-10(29-18-16-17(26-8-25-16)27-9-28-18)12-7-11-3-2-4-13(21)15(11)30-19(12)32-6-5-14(31-32)20(22,23)24/h2-10H,1H3,(H2,25,26,27,28,29). The van der Waals surface area contributed by atoms with Gasteiger partial charge in [0.15, 0.2) is 23.0 Å². The minimum atomic E-state index is -4.57. The Morgan fingerprint density at radius 3 is 2.78 bits per heavy atom. The van der Waals surface area contributed by atoms with E-state index < -0.39 is 17.9 Å². The van der Waals surface area contributed by atoms with Gasteiger partial charge >= 0.3 is 6.18 Å². The summed E-state index contributed by atoms with van der Waals surface area (Å²) in [6.07, 6.45) is -0.470. The molecule has 2 N–H and O–H groups in total. The van der Waals surface area contributed by atoms with Gasteiger partial charge in [-0.15, -0.1) is 0 Å². The van der Waals surface area contributed by atoms with Gasteiger partial charge in [-0.2, -0.15) is 18.3 Å². The Kier molecular flexibility index (Phi) is 4.70. The lowest BCUT2D eigenvalue weighted by atomic mass is 10.1. The first kappa shape index (κ1) is 20.2. The van der Waals surface area contributed by atoms with Gasteiger partial charge in [-0.3, -0.25) is 0 Å². The van der Waals surface area contributed by atoms with Gasteiger partial charge in [0.05, 0.1) is 22.9 Å². The number of benzene rings is 1. The fourth-order valence-corrected chi connectivity index (χ4v) is 3.65. The number of rotatable bonds is 4. The molecular weight excluding hydrogens is 445 g/mol. The Morgan fingerprint density at radius 2 is 2.00 bits per heavy atom. The quantitative estimate of drug-likeness (QED) is 0.396. The highest BCUT2D eigenvalue weighted by molar-refractivity contribution is 6.35. The number of aromatic nitrogens is 7. The normalized spacial score (nSPS) is 13.0. The molecule has 5 rings (SSSR count). The number of H-pyrrole nitrogens is 1. The summed E-state index contributed by atoms with van der Waals surface area (Å²) >= 11 is 6.29. The van der Waals surface area contributed by atoms with Gasteiger partial charge in [0.1, 0.15) is 11.8 Å². The SMILES string of the molecule is CC(Nc1ncnc2nc[nH]c12)c1cc2cccc(Cl)c2nc1-n1ccc(C(F)(F)F)n1. The molecule has 4 aromatic heterocycles. The number of nitrogens with zero attached hydrogens (tertiary/aromatic N) is 6. The minimum absolute atomic E-state index is 0.219. The molecule has 1 atom stereocenters. The van der Waals surface area contributed by atoms with E-state index in [0.717, 1.165) is 16.1 Å². The Morgan fingerprint density at radius 1 is 1.16 bits per heavy atom. The number of pyridine rings is 1. The molecule has 32 heavy (non-hydrogen) atoms. The first-order chi connectivity index (χ1) is 15.3. The van der Waals surface area contributed by atoms with Gasteiger partial charge in [0.2, 0.25) is 0 Å². The second-order valence-electron chi connectivity index (χ2n) is 7.05. The summed E-state index contributed by atoms with van der Waals surface area (Å²) in [5.74, 6) is 0.713. The third-order valence-electron chi connectivity index (χ3n) is 4.94. The summed E-state index contributed by atoms with van der Waals surface area (Å²) in [7, 11) is 0. The zero-order chi connectivity index (χ0) is 22.5. The van der Waals surface area contributed by atoms with Crippen LogP contribution in [0.15, 0.2) is 49.2 Å². The van der Waals surface area contributed by atoms with Crippen LogP contribution >= 0.6 is 11.6 Å². The molecule has 0 aliphatic carbocycles. The van der Waals surface area contributed by atoms with Crippen LogP contribution in [0.25, 0.3) is 27.9 Å². The molecule has 0 aliphatic rings. The van der Waals surface area contributed by atoms with Gasteiger partial charge in [0, 0.05) is 17.1 Å². The van der Waals surface area contributed by atoms with Crippen LogP contribution in [-0.2, 0) is 6.18 Å². The van der Waals surface area contributed by atoms with Gasteiger partial charge in [-0.05, 0) is 25.1 Å². The van der Waals surface area contributed by atoms with E-state index >= 15 is 0 Å². The van der Waals surface area contributed by atoms with E-state index in [4.69, 9.17) is 11.6 Å². The fourth-order valence-electron chi connectivity index (χ4n) is 3.42. The molecule has 0 saturated heterocycles. The average molecular weight is 459 g/mol. The number of alkyl halides is 3. The summed E-state index contributed by atoms with van der Waals surface area (Å²) in [5, 5.41) is 8.07. The van der Waals surface area contributed by atoms with Crippen LogP contribution in [0.5, 0.6) is 0 Å². The largest absolute Gasteiger partial charge is 0.435 e. The van der Waals surface area contributed by atoms with E-state index in [1.807, 2.05) is 19.1 Å². The first-order valence-electron chi connectivity index (χ1n) is 9.44. The third-order valence-corrected chi connectivity index (χ3v) is 5.25. The van der Waals surface area contributed by atoms with Crippen molar-refractivity contribution in [2.24, 2.45) is 0 Å². The van der Waals surface area contributed by atoms with Gasteiger partial charge in [-0.25, -0.2) is 24.6 Å². The van der Waals surface area contributed by atoms with Crippen LogP contribution in [-0.4, -0.2) is 34.7 Å². The van der Waals surface area contributed by atoms with Crippen molar-refractivity contribution < 1.29 is 13.2 Å². The lowest BCUT2D eigenvalue weighted by Gasteiger charge is -2.19. The zero-order valence-corrected chi connectivity index (χ0v) is 17.1. The van der Waals surface area contributed by atoms with E-state index in [-0.39, 0.29) is 5.82 Å². The maximum atomic E-state index is 13.1. The summed E-state index contributed by atoms with van der Waals surface area (Å²) < 4.78 is 40.5. The molecule has 4 heterocycles. The zero-order valence-electron chi connectivity index (χ0n) is 16.4. The molecule has 162 valence electrons. The maximum Gasteiger partial charge on any atom is 0.435 e. The summed E-state index contributed by atoms with van der Waals surface area (Å²) in [4.78, 5) is 20.0. The van der Waals surface area contributed by atoms with E-state index in [1.165, 1.54) is 18.9 Å². The van der Waals surface area contributed by atoms with Crippen molar-refractivity contribution in [2.45, 2.75) is 19.1 Å². The summed E-state index contributed by atoms with van der Waals surface area (Å²) in [5.41, 5.74) is 1.14. The number of para-hydroxylation sites is 1. The van der Waals surface area contributed by atoms with Crippen molar-refractivity contribution in [3.8, 4) is 5.82 Å². The minimum Gasteiger partial charge on any atom is -0.362 e. The van der Waals surface area contributed by atoms with Crippen LogP contribution in [0, 0.1) is 0 Å². The van der Waals surface area contributed by atoms with Crippen LogP contribution in [0.3, 0.4) is 0 Å². The molecule has 1 aromatic carbocycles. The smallest absolute Gasteiger partial charge is 0.362 e. The molecule has 0 bridgehead atoms. The number of hydrogen-bond acceptors (Lipinski definition) is 6. The molecule has 0 aliphatic heterocycles. The van der Waals surface area contributed by atoms with Crippen LogP contribution in [0.2, 0.25) is 5.02 Å². The first-order valence-corrected chi connectivity index (χ1v) is 9.82. The Bertz CT molecular complexity index is 1440. The molecule has 1 unspecified atom stereocenters. The third kappa shape index (κ3) is 3.50. The number of fused-ring (bicyclic) bond motifs is 2. The van der Waals surface area contributed by atoms with Crippen molar-refractivity contribution in [2.75, 3.05) is 5.32 Å². The highest BCUT2D eigenvalue weighted by Crippen LogP contribution is 2.32. The lowest BCUT2D eigenvalue weighted by molar-refractivity contribution is -0.141. The van der Waals surface area contributed by atoms with Gasteiger partial charge in [-0.1, -0.05) is 23.7 Å². The van der Waals surface area contributed by atoms with Crippen LogP contribution in [0.4, 0.5) is 19.0 Å². The molecule has 8 nitrogen and oxygen atoms in total. The Hall–Kier alpha value is -3.73. The second kappa shape index (κ2) is 7.45. The Balaban J connectivity index is 1.64. The number of anilines is 1. The highest BCUT2D eigenvalue weighted by Gasteiger charge is 2.34. The monoisotopic (exact) mass is 458 g/mol. The van der Waals surface area contributed by atoms with E-state index in [0.29, 0.717) is 33.1 Å². The molecule has 5 aromatic rings. The molecule has 0 amide bonds. The van der Waals surface area contributed by atoms with E-state index in [1.54, 1.807) is 12.1 Å². The van der Waals surface area contributed by atoms with Gasteiger partial charge in [0.25, 0.3) is 0 Å². The number of halogens is 4. The Labute approximate surface area is 183 Å². The maximum absolute atomic E-state index is 13.1. The number of imidazole rings is 1. The van der Waals surface area contributed by atoms with E-state index in [2.05, 4.69) is 35.3 Å². The van der Waals surface area contributed by atoms with Crippen molar-refractivity contribution in [1.82, 2.24) is 34.7 Å². The summed E-state index contributed by atoms with van der Waals surface area (Å²) in [6.45, 7) is 1.84. The molecule has 0 saturated carbocycles. The van der Waals surface area contributed by atoms with Crippen molar-refractivity contribution in [3.63, 3.8) is 0 Å². The second-order valence-corrected chi connectivity index (χ2v) is 7.45. The van der Waals surface area contributed by atoms with Crippen LogP contribution in [0.1, 0.15) is 24.2 Å².